The van der Waals surface area contributed by atoms with Gasteiger partial charge in [-0.3, -0.25) is 4.79 Å². The standard InChI is InChI=1S/C20H23NO5S/c1-4-5-10-26-20(24)19-18(13(2)12-27-19)21-17(23)9-7-14-6-8-15(22)16(11-14)25-3/h6-9,11-12,22H,4-5,10H2,1-3H3,(H,21,23)/b9-7+. The second-order valence-electron chi connectivity index (χ2n) is 5.87. The van der Waals surface area contributed by atoms with E-state index in [1.807, 2.05) is 13.8 Å². The molecule has 0 saturated heterocycles. The van der Waals surface area contributed by atoms with E-state index in [-0.39, 0.29) is 11.7 Å². The van der Waals surface area contributed by atoms with E-state index in [9.17, 15) is 14.7 Å². The lowest BCUT2D eigenvalue weighted by atomic mass is 10.2. The highest BCUT2D eigenvalue weighted by Crippen LogP contribution is 2.29. The van der Waals surface area contributed by atoms with Crippen molar-refractivity contribution in [2.24, 2.45) is 0 Å². The minimum absolute atomic E-state index is 0.0271. The Morgan fingerprint density at radius 2 is 2.11 bits per heavy atom. The number of hydrogen-bond acceptors (Lipinski definition) is 6. The third-order valence-electron chi connectivity index (χ3n) is 3.77. The first kappa shape index (κ1) is 20.5. The molecule has 2 aromatic rings. The van der Waals surface area contributed by atoms with Crippen molar-refractivity contribution in [1.82, 2.24) is 0 Å². The molecule has 0 aliphatic carbocycles. The van der Waals surface area contributed by atoms with Crippen molar-refractivity contribution in [1.29, 1.82) is 0 Å². The molecule has 0 saturated carbocycles. The molecule has 0 spiro atoms. The first-order valence-electron chi connectivity index (χ1n) is 8.57. The maximum absolute atomic E-state index is 12.3. The molecule has 1 amide bonds. The van der Waals surface area contributed by atoms with Crippen molar-refractivity contribution in [3.05, 3.63) is 45.7 Å². The van der Waals surface area contributed by atoms with E-state index >= 15 is 0 Å². The van der Waals surface area contributed by atoms with Crippen LogP contribution in [0.15, 0.2) is 29.7 Å². The summed E-state index contributed by atoms with van der Waals surface area (Å²) in [4.78, 5) is 24.9. The van der Waals surface area contributed by atoms with Crippen molar-refractivity contribution >= 4 is 35.0 Å². The summed E-state index contributed by atoms with van der Waals surface area (Å²) in [6.45, 7) is 4.20. The highest BCUT2D eigenvalue weighted by atomic mass is 32.1. The van der Waals surface area contributed by atoms with Gasteiger partial charge in [0.2, 0.25) is 5.91 Å². The smallest absolute Gasteiger partial charge is 0.350 e. The monoisotopic (exact) mass is 389 g/mol. The van der Waals surface area contributed by atoms with Crippen LogP contribution in [0.25, 0.3) is 6.08 Å². The number of aryl methyl sites for hydroxylation is 1. The third-order valence-corrected chi connectivity index (χ3v) is 4.85. The van der Waals surface area contributed by atoms with E-state index < -0.39 is 5.97 Å². The molecule has 0 bridgehead atoms. The van der Waals surface area contributed by atoms with Crippen LogP contribution in [0.1, 0.15) is 40.6 Å². The number of phenolic OH excluding ortho intramolecular Hbond substituents is 1. The quantitative estimate of drug-likeness (QED) is 0.398. The van der Waals surface area contributed by atoms with Gasteiger partial charge in [0.1, 0.15) is 4.88 Å². The van der Waals surface area contributed by atoms with E-state index in [0.717, 1.165) is 18.4 Å². The highest BCUT2D eigenvalue weighted by molar-refractivity contribution is 7.12. The molecule has 0 aliphatic heterocycles. The van der Waals surface area contributed by atoms with Gasteiger partial charge in [-0.1, -0.05) is 19.4 Å². The summed E-state index contributed by atoms with van der Waals surface area (Å²) in [6.07, 6.45) is 4.69. The number of anilines is 1. The maximum atomic E-state index is 12.3. The molecule has 27 heavy (non-hydrogen) atoms. The van der Waals surface area contributed by atoms with Crippen LogP contribution in [0.4, 0.5) is 5.69 Å². The van der Waals surface area contributed by atoms with Crippen LogP contribution in [0.5, 0.6) is 11.5 Å². The summed E-state index contributed by atoms with van der Waals surface area (Å²) < 4.78 is 10.3. The summed E-state index contributed by atoms with van der Waals surface area (Å²) in [5.41, 5.74) is 1.97. The fourth-order valence-electron chi connectivity index (χ4n) is 2.26. The van der Waals surface area contributed by atoms with E-state index in [2.05, 4.69) is 5.32 Å². The number of carbonyl (C=O) groups is 2. The van der Waals surface area contributed by atoms with E-state index in [1.54, 1.807) is 23.6 Å². The third kappa shape index (κ3) is 5.59. The molecule has 1 aromatic carbocycles. The second kappa shape index (κ2) is 9.78. The molecule has 1 aromatic heterocycles. The summed E-state index contributed by atoms with van der Waals surface area (Å²) in [6, 6.07) is 4.77. The van der Waals surface area contributed by atoms with Crippen LogP contribution in [-0.4, -0.2) is 30.7 Å². The van der Waals surface area contributed by atoms with Crippen molar-refractivity contribution in [2.75, 3.05) is 19.0 Å². The molecule has 0 atom stereocenters. The number of ether oxygens (including phenoxy) is 2. The summed E-state index contributed by atoms with van der Waals surface area (Å²) >= 11 is 1.25. The predicted molar refractivity (Wildman–Crippen MR) is 107 cm³/mol. The number of thiophene rings is 1. The van der Waals surface area contributed by atoms with Crippen LogP contribution >= 0.6 is 11.3 Å². The molecular formula is C20H23NO5S. The summed E-state index contributed by atoms with van der Waals surface area (Å²) in [5, 5.41) is 14.2. The molecule has 2 rings (SSSR count). The zero-order valence-corrected chi connectivity index (χ0v) is 16.4. The number of methoxy groups -OCH3 is 1. The van der Waals surface area contributed by atoms with Gasteiger partial charge in [-0.25, -0.2) is 4.79 Å². The Kier molecular flexibility index (Phi) is 7.43. The van der Waals surface area contributed by atoms with E-state index in [4.69, 9.17) is 9.47 Å². The normalized spacial score (nSPS) is 10.8. The van der Waals surface area contributed by atoms with Crippen molar-refractivity contribution < 1.29 is 24.2 Å². The van der Waals surface area contributed by atoms with Crippen molar-refractivity contribution in [3.8, 4) is 11.5 Å². The molecule has 0 aliphatic rings. The first-order chi connectivity index (χ1) is 13.0. The second-order valence-corrected chi connectivity index (χ2v) is 6.75. The number of amides is 1. The number of nitrogens with one attached hydrogen (secondary N) is 1. The topological polar surface area (TPSA) is 84.9 Å². The molecule has 2 N–H and O–H groups in total. The maximum Gasteiger partial charge on any atom is 0.350 e. The predicted octanol–water partition coefficient (Wildman–Crippen LogP) is 4.38. The van der Waals surface area contributed by atoms with Crippen LogP contribution in [0.3, 0.4) is 0 Å². The van der Waals surface area contributed by atoms with Crippen LogP contribution in [0, 0.1) is 6.92 Å². The van der Waals surface area contributed by atoms with Gasteiger partial charge in [0.05, 0.1) is 19.4 Å². The molecule has 144 valence electrons. The first-order valence-corrected chi connectivity index (χ1v) is 9.45. The van der Waals surface area contributed by atoms with Gasteiger partial charge in [-0.15, -0.1) is 11.3 Å². The van der Waals surface area contributed by atoms with E-state index in [0.29, 0.717) is 28.5 Å². The molecule has 6 nitrogen and oxygen atoms in total. The molecule has 0 unspecified atom stereocenters. The van der Waals surface area contributed by atoms with Crippen LogP contribution in [-0.2, 0) is 9.53 Å². The Balaban J connectivity index is 2.07. The fourth-order valence-corrected chi connectivity index (χ4v) is 3.16. The number of rotatable bonds is 8. The molecule has 0 radical (unpaired) electrons. The van der Waals surface area contributed by atoms with Gasteiger partial charge in [0, 0.05) is 6.08 Å². The average molecular weight is 389 g/mol. The van der Waals surface area contributed by atoms with Gasteiger partial charge < -0.3 is 19.9 Å². The van der Waals surface area contributed by atoms with Gasteiger partial charge in [0.15, 0.2) is 11.5 Å². The van der Waals surface area contributed by atoms with Gasteiger partial charge in [0.25, 0.3) is 0 Å². The number of hydrogen-bond donors (Lipinski definition) is 2. The van der Waals surface area contributed by atoms with Gasteiger partial charge in [-0.2, -0.15) is 0 Å². The molecule has 7 heteroatoms. The SMILES string of the molecule is CCCCOC(=O)c1scc(C)c1NC(=O)/C=C/c1ccc(O)c(OC)c1. The van der Waals surface area contributed by atoms with E-state index in [1.165, 1.54) is 30.6 Å². The van der Waals surface area contributed by atoms with Gasteiger partial charge >= 0.3 is 5.97 Å². The Hall–Kier alpha value is -2.80. The number of unbranched alkanes of at least 4 members (excludes halogenated alkanes) is 1. The lowest BCUT2D eigenvalue weighted by Gasteiger charge is -2.07. The van der Waals surface area contributed by atoms with Crippen molar-refractivity contribution in [2.45, 2.75) is 26.7 Å². The lowest BCUT2D eigenvalue weighted by Crippen LogP contribution is -2.13. The average Bonchev–Trinajstić information content (AvgIpc) is 3.01. The Bertz CT molecular complexity index is 841. The molecule has 0 fully saturated rings. The van der Waals surface area contributed by atoms with Crippen LogP contribution in [0.2, 0.25) is 0 Å². The minimum Gasteiger partial charge on any atom is -0.504 e. The highest BCUT2D eigenvalue weighted by Gasteiger charge is 2.18. The summed E-state index contributed by atoms with van der Waals surface area (Å²) in [5.74, 6) is -0.446. The largest absolute Gasteiger partial charge is 0.504 e. The van der Waals surface area contributed by atoms with Gasteiger partial charge in [-0.05, 0) is 48.1 Å². The molecule has 1 heterocycles. The Morgan fingerprint density at radius 1 is 1.33 bits per heavy atom. The van der Waals surface area contributed by atoms with Crippen LogP contribution < -0.4 is 10.1 Å². The fraction of sp³-hybridized carbons (Fsp3) is 0.300. The number of benzene rings is 1. The lowest BCUT2D eigenvalue weighted by molar-refractivity contribution is -0.111. The zero-order valence-electron chi connectivity index (χ0n) is 15.6. The number of aromatic hydroxyl groups is 1. The number of phenols is 1. The molecular weight excluding hydrogens is 366 g/mol. The minimum atomic E-state index is -0.427. The number of carbonyl (C=O) groups excluding carboxylic acids is 2. The van der Waals surface area contributed by atoms with Crippen molar-refractivity contribution in [3.63, 3.8) is 0 Å². The summed E-state index contributed by atoms with van der Waals surface area (Å²) in [7, 11) is 1.45. The Morgan fingerprint density at radius 3 is 2.81 bits per heavy atom. The zero-order chi connectivity index (χ0) is 19.8. The Labute approximate surface area is 162 Å². The number of esters is 1.